The number of piperidine rings is 1. The average molecular weight is 412 g/mol. The standard InChI is InChI=1S/C20H25N3O2.2ClH/c21-17(15-6-2-1-3-7-15)14-20(25)22-18-8-4-5-9-19(18)23-12-10-16(24)11-13-23;;/h1-9,16-17,24H,10-14,21H2,(H,22,25);2*1H. The molecule has 0 radical (unpaired) electrons. The molecule has 3 rings (SSSR count). The first kappa shape index (κ1) is 23.2. The van der Waals surface area contributed by atoms with Crippen molar-refractivity contribution in [1.29, 1.82) is 0 Å². The zero-order valence-electron chi connectivity index (χ0n) is 15.1. The number of amides is 1. The lowest BCUT2D eigenvalue weighted by Crippen LogP contribution is -2.36. The average Bonchev–Trinajstić information content (AvgIpc) is 2.63. The van der Waals surface area contributed by atoms with Gasteiger partial charge in [0.15, 0.2) is 0 Å². The normalized spacial score (nSPS) is 15.3. The third-order valence-electron chi connectivity index (χ3n) is 4.62. The highest BCUT2D eigenvalue weighted by molar-refractivity contribution is 5.94. The summed E-state index contributed by atoms with van der Waals surface area (Å²) in [5, 5.41) is 12.7. The Morgan fingerprint density at radius 3 is 2.33 bits per heavy atom. The van der Waals surface area contributed by atoms with Crippen LogP contribution in [0.25, 0.3) is 0 Å². The summed E-state index contributed by atoms with van der Waals surface area (Å²) in [6, 6.07) is 17.1. The van der Waals surface area contributed by atoms with Crippen molar-refractivity contribution in [3.63, 3.8) is 0 Å². The van der Waals surface area contributed by atoms with Gasteiger partial charge in [0.05, 0.1) is 17.5 Å². The van der Waals surface area contributed by atoms with Crippen LogP contribution in [0.3, 0.4) is 0 Å². The number of hydrogen-bond donors (Lipinski definition) is 3. The number of hydrogen-bond acceptors (Lipinski definition) is 4. The summed E-state index contributed by atoms with van der Waals surface area (Å²) in [4.78, 5) is 14.6. The Labute approximate surface area is 172 Å². The van der Waals surface area contributed by atoms with Crippen LogP contribution in [0.4, 0.5) is 11.4 Å². The molecule has 1 aliphatic rings. The zero-order chi connectivity index (χ0) is 17.6. The van der Waals surface area contributed by atoms with Crippen LogP contribution in [0.15, 0.2) is 54.6 Å². The minimum Gasteiger partial charge on any atom is -0.393 e. The Morgan fingerprint density at radius 1 is 1.07 bits per heavy atom. The number of halogens is 2. The minimum absolute atomic E-state index is 0. The zero-order valence-corrected chi connectivity index (χ0v) is 16.7. The van der Waals surface area contributed by atoms with E-state index in [1.54, 1.807) is 0 Å². The highest BCUT2D eigenvalue weighted by atomic mass is 35.5. The molecule has 2 aromatic rings. The molecule has 4 N–H and O–H groups in total. The van der Waals surface area contributed by atoms with Gasteiger partial charge in [-0.05, 0) is 30.5 Å². The number of anilines is 2. The summed E-state index contributed by atoms with van der Waals surface area (Å²) in [6.07, 6.45) is 1.52. The number of nitrogens with zero attached hydrogens (tertiary/aromatic N) is 1. The maximum Gasteiger partial charge on any atom is 0.226 e. The molecule has 2 aromatic carbocycles. The molecule has 0 saturated carbocycles. The van der Waals surface area contributed by atoms with E-state index in [1.165, 1.54) is 0 Å². The van der Waals surface area contributed by atoms with Crippen molar-refractivity contribution in [2.24, 2.45) is 5.73 Å². The van der Waals surface area contributed by atoms with E-state index >= 15 is 0 Å². The van der Waals surface area contributed by atoms with E-state index in [1.807, 2.05) is 54.6 Å². The minimum atomic E-state index is -0.321. The van der Waals surface area contributed by atoms with Gasteiger partial charge in [0.2, 0.25) is 5.91 Å². The van der Waals surface area contributed by atoms with E-state index in [0.717, 1.165) is 42.9 Å². The lowest BCUT2D eigenvalue weighted by atomic mass is 10.0. The monoisotopic (exact) mass is 411 g/mol. The Kier molecular flexibility index (Phi) is 9.60. The second kappa shape index (κ2) is 11.1. The first-order valence-electron chi connectivity index (χ1n) is 8.76. The summed E-state index contributed by atoms with van der Waals surface area (Å²) in [5.74, 6) is -0.0964. The topological polar surface area (TPSA) is 78.6 Å². The molecular formula is C20H27Cl2N3O2. The molecule has 148 valence electrons. The number of para-hydroxylation sites is 2. The van der Waals surface area contributed by atoms with Crippen LogP contribution in [0.5, 0.6) is 0 Å². The predicted molar refractivity (Wildman–Crippen MR) is 115 cm³/mol. The van der Waals surface area contributed by atoms with Gasteiger partial charge >= 0.3 is 0 Å². The van der Waals surface area contributed by atoms with Crippen molar-refractivity contribution >= 4 is 42.1 Å². The van der Waals surface area contributed by atoms with E-state index in [0.29, 0.717) is 0 Å². The van der Waals surface area contributed by atoms with Crippen molar-refractivity contribution in [1.82, 2.24) is 0 Å². The Balaban J connectivity index is 0.00000182. The summed E-state index contributed by atoms with van der Waals surface area (Å²) in [5.41, 5.74) is 8.89. The molecule has 0 bridgehead atoms. The number of carbonyl (C=O) groups excluding carboxylic acids is 1. The van der Waals surface area contributed by atoms with E-state index in [4.69, 9.17) is 5.73 Å². The van der Waals surface area contributed by atoms with E-state index in [2.05, 4.69) is 10.2 Å². The Hall–Kier alpha value is -1.79. The molecular weight excluding hydrogens is 385 g/mol. The van der Waals surface area contributed by atoms with Gasteiger partial charge in [-0.1, -0.05) is 42.5 Å². The first-order valence-corrected chi connectivity index (χ1v) is 8.76. The molecule has 1 aliphatic heterocycles. The van der Waals surface area contributed by atoms with Crippen LogP contribution in [0.2, 0.25) is 0 Å². The molecule has 5 nitrogen and oxygen atoms in total. The number of carbonyl (C=O) groups is 1. The van der Waals surface area contributed by atoms with E-state index in [-0.39, 0.29) is 49.3 Å². The maximum absolute atomic E-state index is 12.4. The molecule has 1 amide bonds. The Bertz CT molecular complexity index is 707. The quantitative estimate of drug-likeness (QED) is 0.702. The van der Waals surface area contributed by atoms with Crippen molar-refractivity contribution in [3.05, 3.63) is 60.2 Å². The molecule has 0 spiro atoms. The second-order valence-electron chi connectivity index (χ2n) is 6.50. The number of aliphatic hydroxyl groups excluding tert-OH is 1. The molecule has 1 fully saturated rings. The third kappa shape index (κ3) is 6.40. The van der Waals surface area contributed by atoms with Crippen LogP contribution < -0.4 is 16.0 Å². The smallest absolute Gasteiger partial charge is 0.226 e. The number of aliphatic hydroxyl groups is 1. The second-order valence-corrected chi connectivity index (χ2v) is 6.50. The fourth-order valence-electron chi connectivity index (χ4n) is 3.18. The summed E-state index contributed by atoms with van der Waals surface area (Å²) in [7, 11) is 0. The van der Waals surface area contributed by atoms with Gasteiger partial charge in [-0.2, -0.15) is 0 Å². The number of rotatable bonds is 5. The van der Waals surface area contributed by atoms with Gasteiger partial charge < -0.3 is 21.1 Å². The number of nitrogens with one attached hydrogen (secondary N) is 1. The Morgan fingerprint density at radius 2 is 1.67 bits per heavy atom. The fourth-order valence-corrected chi connectivity index (χ4v) is 3.18. The largest absolute Gasteiger partial charge is 0.393 e. The predicted octanol–water partition coefficient (Wildman–Crippen LogP) is 3.52. The van der Waals surface area contributed by atoms with E-state index in [9.17, 15) is 9.90 Å². The van der Waals surface area contributed by atoms with Gasteiger partial charge in [0.25, 0.3) is 0 Å². The van der Waals surface area contributed by atoms with Gasteiger partial charge in [-0.25, -0.2) is 0 Å². The molecule has 0 aromatic heterocycles. The van der Waals surface area contributed by atoms with Gasteiger partial charge in [-0.3, -0.25) is 4.79 Å². The molecule has 7 heteroatoms. The van der Waals surface area contributed by atoms with Gasteiger partial charge in [-0.15, -0.1) is 24.8 Å². The summed E-state index contributed by atoms with van der Waals surface area (Å²) < 4.78 is 0. The highest BCUT2D eigenvalue weighted by Gasteiger charge is 2.20. The van der Waals surface area contributed by atoms with Crippen LogP contribution in [-0.2, 0) is 4.79 Å². The number of benzene rings is 2. The van der Waals surface area contributed by atoms with Gasteiger partial charge in [0, 0.05) is 25.6 Å². The fraction of sp³-hybridized carbons (Fsp3) is 0.350. The molecule has 1 saturated heterocycles. The number of nitrogens with two attached hydrogens (primary N) is 1. The SMILES string of the molecule is Cl.Cl.NC(CC(=O)Nc1ccccc1N1CCC(O)CC1)c1ccccc1. The molecule has 1 atom stereocenters. The van der Waals surface area contributed by atoms with E-state index < -0.39 is 0 Å². The first-order chi connectivity index (χ1) is 12.1. The van der Waals surface area contributed by atoms with Crippen molar-refractivity contribution in [2.45, 2.75) is 31.4 Å². The van der Waals surface area contributed by atoms with Crippen LogP contribution >= 0.6 is 24.8 Å². The lowest BCUT2D eigenvalue weighted by Gasteiger charge is -2.32. The van der Waals surface area contributed by atoms with Crippen molar-refractivity contribution in [2.75, 3.05) is 23.3 Å². The molecule has 1 unspecified atom stereocenters. The van der Waals surface area contributed by atoms with Crippen LogP contribution in [-0.4, -0.2) is 30.2 Å². The van der Waals surface area contributed by atoms with Crippen LogP contribution in [0, 0.1) is 0 Å². The maximum atomic E-state index is 12.4. The summed E-state index contributed by atoms with van der Waals surface area (Å²) in [6.45, 7) is 1.58. The van der Waals surface area contributed by atoms with Gasteiger partial charge in [0.1, 0.15) is 0 Å². The molecule has 1 heterocycles. The molecule has 0 aliphatic carbocycles. The lowest BCUT2D eigenvalue weighted by molar-refractivity contribution is -0.116. The van der Waals surface area contributed by atoms with Crippen molar-refractivity contribution in [3.8, 4) is 0 Å². The third-order valence-corrected chi connectivity index (χ3v) is 4.62. The van der Waals surface area contributed by atoms with Crippen LogP contribution in [0.1, 0.15) is 30.9 Å². The summed E-state index contributed by atoms with van der Waals surface area (Å²) >= 11 is 0. The van der Waals surface area contributed by atoms with Crippen molar-refractivity contribution < 1.29 is 9.90 Å². The molecule has 27 heavy (non-hydrogen) atoms. The highest BCUT2D eigenvalue weighted by Crippen LogP contribution is 2.28.